The van der Waals surface area contributed by atoms with Gasteiger partial charge < -0.3 is 5.73 Å². The molecule has 0 fully saturated rings. The Bertz CT molecular complexity index is 6.00. The van der Waals surface area contributed by atoms with E-state index in [-0.39, 0.29) is 22.4 Å². The zero-order chi connectivity index (χ0) is 2.71. The van der Waals surface area contributed by atoms with E-state index in [0.29, 0.717) is 6.54 Å². The van der Waals surface area contributed by atoms with Crippen molar-refractivity contribution in [3.63, 3.8) is 0 Å². The molecular formula is C2H6AuN. The van der Waals surface area contributed by atoms with Crippen LogP contribution in [0, 0.1) is 0 Å². The minimum absolute atomic E-state index is 0. The summed E-state index contributed by atoms with van der Waals surface area (Å²) in [6.45, 7) is 2.29. The molecule has 0 heterocycles. The zero-order valence-corrected chi connectivity index (χ0v) is 4.68. The molecule has 1 N–H and O–H groups in total. The summed E-state index contributed by atoms with van der Waals surface area (Å²) in [5.41, 5.74) is 6.21. The molecule has 0 rings (SSSR count). The van der Waals surface area contributed by atoms with Crippen LogP contribution >= 0.6 is 0 Å². The van der Waals surface area contributed by atoms with Crippen molar-refractivity contribution < 1.29 is 22.4 Å². The summed E-state index contributed by atoms with van der Waals surface area (Å²) >= 11 is 0. The van der Waals surface area contributed by atoms with Gasteiger partial charge in [-0.2, -0.15) is 6.54 Å². The topological polar surface area (TPSA) is 23.8 Å². The summed E-state index contributed by atoms with van der Waals surface area (Å²) < 4.78 is 0. The first-order valence-corrected chi connectivity index (χ1v) is 1.06. The maximum atomic E-state index is 6.21. The molecular weight excluding hydrogens is 235 g/mol. The molecule has 0 atom stereocenters. The minimum atomic E-state index is 0. The zero-order valence-electron chi connectivity index (χ0n) is 2.51. The summed E-state index contributed by atoms with van der Waals surface area (Å²) in [7, 11) is 0. The van der Waals surface area contributed by atoms with Gasteiger partial charge in [-0.1, -0.05) is 6.92 Å². The first-order chi connectivity index (χ1) is 1.41. The van der Waals surface area contributed by atoms with E-state index in [1.54, 1.807) is 6.92 Å². The molecule has 0 saturated heterocycles. The van der Waals surface area contributed by atoms with Crippen LogP contribution in [0.5, 0.6) is 0 Å². The number of hydrogen-bond acceptors (Lipinski definition) is 0. The van der Waals surface area contributed by atoms with Crippen molar-refractivity contribution in [2.75, 3.05) is 6.54 Å². The van der Waals surface area contributed by atoms with Gasteiger partial charge in [-0.05, 0) is 0 Å². The van der Waals surface area contributed by atoms with E-state index >= 15 is 0 Å². The molecule has 1 nitrogen and oxygen atoms in total. The van der Waals surface area contributed by atoms with Gasteiger partial charge in [0.15, 0.2) is 0 Å². The fraction of sp³-hybridized carbons (Fsp3) is 1.00. The van der Waals surface area contributed by atoms with Crippen molar-refractivity contribution >= 4 is 0 Å². The maximum absolute atomic E-state index is 6.21. The molecule has 0 radical (unpaired) electrons. The fourth-order valence-electron chi connectivity index (χ4n) is 0. The predicted octanol–water partition coefficient (Wildman–Crippen LogP) is 1.06. The average molecular weight is 241 g/mol. The molecule has 2 heteroatoms. The predicted molar refractivity (Wildman–Crippen MR) is 14.9 cm³/mol. The molecule has 0 saturated carbocycles. The molecule has 0 aromatic rings. The Hall–Kier alpha value is 0.700. The molecule has 0 aromatic heterocycles. The van der Waals surface area contributed by atoms with Crippen molar-refractivity contribution in [3.05, 3.63) is 5.73 Å². The molecule has 0 amide bonds. The number of nitrogens with one attached hydrogen (secondary N) is 1. The van der Waals surface area contributed by atoms with E-state index in [2.05, 4.69) is 0 Å². The third-order valence-corrected chi connectivity index (χ3v) is 0. The standard InChI is InChI=1S/C2H6N.Au/c1-2-3;/h3H,2H2,1H3;/q-1;+1. The monoisotopic (exact) mass is 241 g/mol. The Labute approximate surface area is 42.1 Å². The van der Waals surface area contributed by atoms with E-state index in [1.807, 2.05) is 0 Å². The Kier molecular flexibility index (Phi) is 20.6. The smallest absolute Gasteiger partial charge is 0.678 e. The summed E-state index contributed by atoms with van der Waals surface area (Å²) in [6.07, 6.45) is 0. The van der Waals surface area contributed by atoms with Crippen molar-refractivity contribution in [3.8, 4) is 0 Å². The van der Waals surface area contributed by atoms with Crippen LogP contribution in [0.25, 0.3) is 5.73 Å². The second kappa shape index (κ2) is 9.33. The fourth-order valence-corrected chi connectivity index (χ4v) is 0. The Morgan fingerprint density at radius 3 is 1.75 bits per heavy atom. The third kappa shape index (κ3) is 15.9. The van der Waals surface area contributed by atoms with Crippen molar-refractivity contribution in [1.29, 1.82) is 0 Å². The first-order valence-electron chi connectivity index (χ1n) is 1.06. The van der Waals surface area contributed by atoms with Crippen LogP contribution in [0.3, 0.4) is 0 Å². The summed E-state index contributed by atoms with van der Waals surface area (Å²) in [5, 5.41) is 0. The Morgan fingerprint density at radius 1 is 1.75 bits per heavy atom. The van der Waals surface area contributed by atoms with Gasteiger partial charge in [0.05, 0.1) is 0 Å². The van der Waals surface area contributed by atoms with Gasteiger partial charge in [-0.25, -0.2) is 0 Å². The summed E-state index contributed by atoms with van der Waals surface area (Å²) in [6, 6.07) is 0. The van der Waals surface area contributed by atoms with Crippen LogP contribution < -0.4 is 0 Å². The summed E-state index contributed by atoms with van der Waals surface area (Å²) in [5.74, 6) is 0. The van der Waals surface area contributed by atoms with E-state index in [9.17, 15) is 0 Å². The van der Waals surface area contributed by atoms with Crippen LogP contribution in [-0.4, -0.2) is 6.54 Å². The largest absolute Gasteiger partial charge is 1.00 e. The molecule has 0 aliphatic carbocycles. The Balaban J connectivity index is 0. The molecule has 4 heavy (non-hydrogen) atoms. The van der Waals surface area contributed by atoms with Gasteiger partial charge in [0.2, 0.25) is 0 Å². The van der Waals surface area contributed by atoms with Crippen LogP contribution in [0.15, 0.2) is 0 Å². The van der Waals surface area contributed by atoms with Crippen LogP contribution in [0.2, 0.25) is 0 Å². The average Bonchev–Trinajstić information content (AvgIpc) is 0.918. The molecule has 0 aromatic carbocycles. The van der Waals surface area contributed by atoms with E-state index in [1.165, 1.54) is 0 Å². The normalized spacial score (nSPS) is 4.50. The molecule has 0 bridgehead atoms. The minimum Gasteiger partial charge on any atom is -0.678 e. The first kappa shape index (κ1) is 8.83. The number of hydrogen-bond donors (Lipinski definition) is 0. The van der Waals surface area contributed by atoms with Gasteiger partial charge in [-0.3, -0.25) is 0 Å². The molecule has 0 aliphatic rings. The van der Waals surface area contributed by atoms with Crippen molar-refractivity contribution in [2.24, 2.45) is 0 Å². The number of rotatable bonds is 0. The van der Waals surface area contributed by atoms with Crippen LogP contribution in [-0.2, 0) is 22.4 Å². The van der Waals surface area contributed by atoms with Crippen molar-refractivity contribution in [1.82, 2.24) is 0 Å². The second-order valence-electron chi connectivity index (χ2n) is 0.354. The van der Waals surface area contributed by atoms with Gasteiger partial charge in [0.25, 0.3) is 0 Å². The second-order valence-corrected chi connectivity index (χ2v) is 0.354. The van der Waals surface area contributed by atoms with E-state index in [4.69, 9.17) is 5.73 Å². The Morgan fingerprint density at radius 2 is 1.75 bits per heavy atom. The molecule has 0 aliphatic heterocycles. The molecule has 0 unspecified atom stereocenters. The quantitative estimate of drug-likeness (QED) is 0.566. The van der Waals surface area contributed by atoms with E-state index < -0.39 is 0 Å². The van der Waals surface area contributed by atoms with Gasteiger partial charge >= 0.3 is 22.4 Å². The van der Waals surface area contributed by atoms with Gasteiger partial charge in [-0.15, -0.1) is 0 Å². The third-order valence-electron chi connectivity index (χ3n) is 0. The van der Waals surface area contributed by atoms with Crippen LogP contribution in [0.4, 0.5) is 0 Å². The molecule has 0 spiro atoms. The van der Waals surface area contributed by atoms with Gasteiger partial charge in [0.1, 0.15) is 0 Å². The van der Waals surface area contributed by atoms with Crippen molar-refractivity contribution in [2.45, 2.75) is 6.92 Å². The SMILES string of the molecule is CC[NH-].[Au+]. The van der Waals surface area contributed by atoms with Crippen LogP contribution in [0.1, 0.15) is 6.92 Å². The van der Waals surface area contributed by atoms with E-state index in [0.717, 1.165) is 0 Å². The molecule has 30 valence electrons. The summed E-state index contributed by atoms with van der Waals surface area (Å²) in [4.78, 5) is 0. The van der Waals surface area contributed by atoms with Gasteiger partial charge in [0, 0.05) is 0 Å². The maximum Gasteiger partial charge on any atom is 1.00 e.